The quantitative estimate of drug-likeness (QED) is 0.661. The van der Waals surface area contributed by atoms with E-state index in [0.29, 0.717) is 12.6 Å². The Hall–Kier alpha value is -0.770. The zero-order chi connectivity index (χ0) is 9.26. The Labute approximate surface area is 78.0 Å². The molecule has 2 heterocycles. The maximum absolute atomic E-state index is 11.2. The van der Waals surface area contributed by atoms with Crippen LogP contribution in [0.15, 0.2) is 0 Å². The van der Waals surface area contributed by atoms with E-state index in [2.05, 4.69) is 10.6 Å². The van der Waals surface area contributed by atoms with E-state index < -0.39 is 0 Å². The Balaban J connectivity index is 1.79. The van der Waals surface area contributed by atoms with Crippen LogP contribution in [0.3, 0.4) is 0 Å². The minimum absolute atomic E-state index is 0.0661. The smallest absolute Gasteiger partial charge is 0.315 e. The third kappa shape index (κ3) is 1.77. The van der Waals surface area contributed by atoms with Gasteiger partial charge < -0.3 is 15.4 Å². The van der Waals surface area contributed by atoms with Crippen molar-refractivity contribution in [2.75, 3.05) is 6.54 Å². The molecule has 2 aliphatic rings. The minimum atomic E-state index is -0.0661. The van der Waals surface area contributed by atoms with Gasteiger partial charge in [-0.1, -0.05) is 0 Å². The summed E-state index contributed by atoms with van der Waals surface area (Å²) in [4.78, 5) is 11.2. The van der Waals surface area contributed by atoms with Gasteiger partial charge in [-0.05, 0) is 26.2 Å². The molecule has 2 saturated heterocycles. The molecule has 0 spiro atoms. The highest BCUT2D eigenvalue weighted by molar-refractivity contribution is 5.74. The van der Waals surface area contributed by atoms with Gasteiger partial charge in [0, 0.05) is 6.54 Å². The van der Waals surface area contributed by atoms with Gasteiger partial charge in [-0.25, -0.2) is 4.79 Å². The molecule has 2 aliphatic heterocycles. The fourth-order valence-electron chi connectivity index (χ4n) is 2.17. The lowest BCUT2D eigenvalue weighted by atomic mass is 9.96. The van der Waals surface area contributed by atoms with Crippen molar-refractivity contribution in [1.29, 1.82) is 0 Å². The van der Waals surface area contributed by atoms with E-state index in [1.165, 1.54) is 0 Å². The molecule has 74 valence electrons. The predicted molar refractivity (Wildman–Crippen MR) is 48.5 cm³/mol. The van der Waals surface area contributed by atoms with E-state index in [0.717, 1.165) is 19.3 Å². The standard InChI is InChI=1S/C9H16N2O2/c1-2-10-9(12)11-7-5-6-3-4-8(7)13-6/h6-8H,2-5H2,1H3,(H2,10,11,12)/t6?,7-,8?/m0/s1. The van der Waals surface area contributed by atoms with Crippen LogP contribution >= 0.6 is 0 Å². The molecule has 13 heavy (non-hydrogen) atoms. The lowest BCUT2D eigenvalue weighted by Crippen LogP contribution is -2.46. The van der Waals surface area contributed by atoms with E-state index in [4.69, 9.17) is 4.74 Å². The second kappa shape index (κ2) is 3.54. The lowest BCUT2D eigenvalue weighted by molar-refractivity contribution is 0.0981. The first kappa shape index (κ1) is 8.81. The predicted octanol–water partition coefficient (Wildman–Crippen LogP) is 0.625. The zero-order valence-electron chi connectivity index (χ0n) is 7.88. The minimum Gasteiger partial charge on any atom is -0.373 e. The highest BCUT2D eigenvalue weighted by atomic mass is 16.5. The molecule has 4 heteroatoms. The molecule has 4 nitrogen and oxygen atoms in total. The molecule has 2 rings (SSSR count). The molecule has 0 radical (unpaired) electrons. The Bertz CT molecular complexity index is 208. The molecule has 0 aromatic heterocycles. The molecule has 2 bridgehead atoms. The van der Waals surface area contributed by atoms with Crippen LogP contribution in [-0.4, -0.2) is 30.8 Å². The van der Waals surface area contributed by atoms with Crippen LogP contribution in [0.25, 0.3) is 0 Å². The molecule has 2 unspecified atom stereocenters. The highest BCUT2D eigenvalue weighted by Gasteiger charge is 2.41. The third-order valence-electron chi connectivity index (χ3n) is 2.76. The van der Waals surface area contributed by atoms with Crippen LogP contribution in [0.5, 0.6) is 0 Å². The summed E-state index contributed by atoms with van der Waals surface area (Å²) in [6.45, 7) is 2.59. The Kier molecular flexibility index (Phi) is 2.40. The van der Waals surface area contributed by atoms with Gasteiger partial charge in [0.1, 0.15) is 0 Å². The summed E-state index contributed by atoms with van der Waals surface area (Å²) in [5.74, 6) is 0. The number of hydrogen-bond donors (Lipinski definition) is 2. The van der Waals surface area contributed by atoms with Gasteiger partial charge in [0.05, 0.1) is 18.2 Å². The monoisotopic (exact) mass is 184 g/mol. The molecular weight excluding hydrogens is 168 g/mol. The molecule has 0 aromatic carbocycles. The van der Waals surface area contributed by atoms with Gasteiger partial charge in [0.15, 0.2) is 0 Å². The van der Waals surface area contributed by atoms with Crippen LogP contribution in [0.2, 0.25) is 0 Å². The second-order valence-corrected chi connectivity index (χ2v) is 3.72. The van der Waals surface area contributed by atoms with Crippen LogP contribution < -0.4 is 10.6 Å². The van der Waals surface area contributed by atoms with E-state index in [1.807, 2.05) is 6.92 Å². The van der Waals surface area contributed by atoms with Gasteiger partial charge in [0.2, 0.25) is 0 Å². The number of fused-ring (bicyclic) bond motifs is 2. The maximum Gasteiger partial charge on any atom is 0.315 e. The van der Waals surface area contributed by atoms with Crippen molar-refractivity contribution in [3.05, 3.63) is 0 Å². The molecule has 0 aromatic rings. The van der Waals surface area contributed by atoms with Crippen molar-refractivity contribution in [3.8, 4) is 0 Å². The third-order valence-corrected chi connectivity index (χ3v) is 2.76. The highest BCUT2D eigenvalue weighted by Crippen LogP contribution is 2.34. The van der Waals surface area contributed by atoms with Gasteiger partial charge in [-0.3, -0.25) is 0 Å². The number of carbonyl (C=O) groups excluding carboxylic acids is 1. The Morgan fingerprint density at radius 1 is 1.54 bits per heavy atom. The van der Waals surface area contributed by atoms with Crippen molar-refractivity contribution >= 4 is 6.03 Å². The van der Waals surface area contributed by atoms with E-state index in [9.17, 15) is 4.79 Å². The summed E-state index contributed by atoms with van der Waals surface area (Å²) in [5.41, 5.74) is 0. The number of hydrogen-bond acceptors (Lipinski definition) is 2. The number of urea groups is 1. The van der Waals surface area contributed by atoms with Crippen molar-refractivity contribution in [2.45, 2.75) is 44.4 Å². The van der Waals surface area contributed by atoms with Gasteiger partial charge in [0.25, 0.3) is 0 Å². The summed E-state index contributed by atoms with van der Waals surface area (Å²) in [5, 5.41) is 5.66. The molecular formula is C9H16N2O2. The number of amides is 2. The second-order valence-electron chi connectivity index (χ2n) is 3.72. The number of ether oxygens (including phenoxy) is 1. The van der Waals surface area contributed by atoms with Crippen molar-refractivity contribution in [2.24, 2.45) is 0 Å². The largest absolute Gasteiger partial charge is 0.373 e. The van der Waals surface area contributed by atoms with E-state index >= 15 is 0 Å². The first-order chi connectivity index (χ1) is 6.29. The summed E-state index contributed by atoms with van der Waals surface area (Å²) in [6, 6.07) is 0.175. The average Bonchev–Trinajstić information content (AvgIpc) is 2.65. The topological polar surface area (TPSA) is 50.4 Å². The van der Waals surface area contributed by atoms with Crippen molar-refractivity contribution in [3.63, 3.8) is 0 Å². The van der Waals surface area contributed by atoms with E-state index in [-0.39, 0.29) is 18.2 Å². The van der Waals surface area contributed by atoms with Crippen LogP contribution in [0.1, 0.15) is 26.2 Å². The van der Waals surface area contributed by atoms with E-state index in [1.54, 1.807) is 0 Å². The molecule has 0 aliphatic carbocycles. The van der Waals surface area contributed by atoms with Gasteiger partial charge in [-0.15, -0.1) is 0 Å². The lowest BCUT2D eigenvalue weighted by Gasteiger charge is -2.19. The van der Waals surface area contributed by atoms with Gasteiger partial charge in [-0.2, -0.15) is 0 Å². The zero-order valence-corrected chi connectivity index (χ0v) is 7.88. The fourth-order valence-corrected chi connectivity index (χ4v) is 2.17. The first-order valence-corrected chi connectivity index (χ1v) is 4.99. The van der Waals surface area contributed by atoms with Crippen LogP contribution in [0.4, 0.5) is 4.79 Å². The molecule has 3 atom stereocenters. The molecule has 2 N–H and O–H groups in total. The first-order valence-electron chi connectivity index (χ1n) is 4.99. The Morgan fingerprint density at radius 2 is 2.38 bits per heavy atom. The SMILES string of the molecule is CCNC(=O)N[C@H]1CC2CCC1O2. The van der Waals surface area contributed by atoms with Gasteiger partial charge >= 0.3 is 6.03 Å². The number of carbonyl (C=O) groups is 1. The van der Waals surface area contributed by atoms with Crippen LogP contribution in [0, 0.1) is 0 Å². The summed E-state index contributed by atoms with van der Waals surface area (Å²) in [6.07, 6.45) is 3.92. The fraction of sp³-hybridized carbons (Fsp3) is 0.889. The number of rotatable bonds is 2. The van der Waals surface area contributed by atoms with Crippen LogP contribution in [-0.2, 0) is 4.74 Å². The van der Waals surface area contributed by atoms with Crippen molar-refractivity contribution in [1.82, 2.24) is 10.6 Å². The summed E-state index contributed by atoms with van der Waals surface area (Å²) >= 11 is 0. The average molecular weight is 184 g/mol. The normalized spacial score (nSPS) is 36.2. The molecule has 0 saturated carbocycles. The molecule has 2 amide bonds. The summed E-state index contributed by atoms with van der Waals surface area (Å²) < 4.78 is 5.62. The maximum atomic E-state index is 11.2. The summed E-state index contributed by atoms with van der Waals surface area (Å²) in [7, 11) is 0. The number of nitrogens with one attached hydrogen (secondary N) is 2. The Morgan fingerprint density at radius 3 is 2.92 bits per heavy atom. The molecule has 2 fully saturated rings. The van der Waals surface area contributed by atoms with Crippen molar-refractivity contribution < 1.29 is 9.53 Å².